The number of hydrogen-bond acceptors (Lipinski definition) is 3. The second kappa shape index (κ2) is 8.18. The molecular formula is C22H32O3. The van der Waals surface area contributed by atoms with Gasteiger partial charge in [-0.05, 0) is 68.9 Å². The van der Waals surface area contributed by atoms with E-state index >= 15 is 0 Å². The number of hydrogen-bond donors (Lipinski definition) is 1. The van der Waals surface area contributed by atoms with E-state index < -0.39 is 0 Å². The fourth-order valence-electron chi connectivity index (χ4n) is 3.95. The van der Waals surface area contributed by atoms with Crippen molar-refractivity contribution in [1.82, 2.24) is 0 Å². The monoisotopic (exact) mass is 344 g/mol. The average Bonchev–Trinajstić information content (AvgIpc) is 2.83. The van der Waals surface area contributed by atoms with Crippen molar-refractivity contribution in [3.8, 4) is 0 Å². The van der Waals surface area contributed by atoms with Crippen LogP contribution in [0, 0.1) is 11.3 Å². The third-order valence-corrected chi connectivity index (χ3v) is 5.58. The van der Waals surface area contributed by atoms with Crippen molar-refractivity contribution in [1.29, 1.82) is 0 Å². The highest BCUT2D eigenvalue weighted by atomic mass is 16.5. The van der Waals surface area contributed by atoms with Crippen LogP contribution in [0.4, 0.5) is 0 Å². The highest BCUT2D eigenvalue weighted by Gasteiger charge is 2.39. The van der Waals surface area contributed by atoms with Gasteiger partial charge in [0.1, 0.15) is 0 Å². The van der Waals surface area contributed by atoms with E-state index in [1.807, 2.05) is 19.1 Å². The maximum atomic E-state index is 11.4. The predicted molar refractivity (Wildman–Crippen MR) is 102 cm³/mol. The topological polar surface area (TPSA) is 46.5 Å². The average molecular weight is 344 g/mol. The van der Waals surface area contributed by atoms with Crippen molar-refractivity contribution >= 4 is 5.97 Å². The molecule has 3 heteroatoms. The van der Waals surface area contributed by atoms with E-state index in [9.17, 15) is 9.90 Å². The summed E-state index contributed by atoms with van der Waals surface area (Å²) in [6, 6.07) is 0. The van der Waals surface area contributed by atoms with Gasteiger partial charge in [0.2, 0.25) is 0 Å². The minimum atomic E-state index is -0.302. The summed E-state index contributed by atoms with van der Waals surface area (Å²) in [6.07, 6.45) is 11.3. The van der Waals surface area contributed by atoms with Crippen LogP contribution in [0.3, 0.4) is 0 Å². The zero-order chi connectivity index (χ0) is 18.6. The summed E-state index contributed by atoms with van der Waals surface area (Å²) in [6.45, 7) is 10.8. The third-order valence-electron chi connectivity index (χ3n) is 5.58. The molecule has 0 heterocycles. The number of esters is 1. The van der Waals surface area contributed by atoms with Gasteiger partial charge in [-0.2, -0.15) is 0 Å². The van der Waals surface area contributed by atoms with Crippen molar-refractivity contribution in [2.45, 2.75) is 66.4 Å². The summed E-state index contributed by atoms with van der Waals surface area (Å²) in [4.78, 5) is 11.4. The maximum Gasteiger partial charge on any atom is 0.330 e. The molecule has 0 aliphatic heterocycles. The maximum absolute atomic E-state index is 11.4. The molecule has 0 aromatic carbocycles. The molecule has 2 rings (SSSR count). The standard InChI is InChI=1S/C22H32O3/c1-6-25-21(24)12-15(2)8-7-9-16(3)17-13-19-18(20(23)14-17)10-11-22(19,4)5/h7-9,12,17,20,23H,6,10-11,13-14H2,1-5H3. The van der Waals surface area contributed by atoms with Crippen LogP contribution in [0.15, 0.2) is 46.6 Å². The van der Waals surface area contributed by atoms with E-state index in [-0.39, 0.29) is 17.5 Å². The fraction of sp³-hybridized carbons (Fsp3) is 0.591. The lowest BCUT2D eigenvalue weighted by molar-refractivity contribution is -0.137. The first kappa shape index (κ1) is 19.7. The Hall–Kier alpha value is -1.61. The lowest BCUT2D eigenvalue weighted by atomic mass is 9.73. The van der Waals surface area contributed by atoms with Crippen molar-refractivity contribution in [3.63, 3.8) is 0 Å². The van der Waals surface area contributed by atoms with Crippen LogP contribution >= 0.6 is 0 Å². The molecule has 0 fully saturated rings. The minimum absolute atomic E-state index is 0.226. The zero-order valence-electron chi connectivity index (χ0n) is 16.3. The molecule has 0 spiro atoms. The summed E-state index contributed by atoms with van der Waals surface area (Å²) < 4.78 is 4.91. The van der Waals surface area contributed by atoms with Crippen LogP contribution in [0.5, 0.6) is 0 Å². The molecule has 0 saturated carbocycles. The van der Waals surface area contributed by atoms with Gasteiger partial charge in [0.25, 0.3) is 0 Å². The highest BCUT2D eigenvalue weighted by Crippen LogP contribution is 2.51. The smallest absolute Gasteiger partial charge is 0.330 e. The molecule has 0 aromatic heterocycles. The Bertz CT molecular complexity index is 632. The summed E-state index contributed by atoms with van der Waals surface area (Å²) >= 11 is 0. The number of allylic oxidation sites excluding steroid dienone is 6. The van der Waals surface area contributed by atoms with E-state index in [4.69, 9.17) is 4.74 Å². The van der Waals surface area contributed by atoms with Gasteiger partial charge in [-0.3, -0.25) is 0 Å². The lowest BCUT2D eigenvalue weighted by Crippen LogP contribution is -2.25. The normalized spacial score (nSPS) is 27.0. The van der Waals surface area contributed by atoms with Gasteiger partial charge >= 0.3 is 5.97 Å². The molecule has 0 aromatic rings. The Balaban J connectivity index is 2.03. The van der Waals surface area contributed by atoms with Crippen molar-refractivity contribution in [2.24, 2.45) is 11.3 Å². The first-order chi connectivity index (χ1) is 11.7. The van der Waals surface area contributed by atoms with Gasteiger partial charge in [-0.25, -0.2) is 4.79 Å². The van der Waals surface area contributed by atoms with E-state index in [0.717, 1.165) is 31.3 Å². The predicted octanol–water partition coefficient (Wildman–Crippen LogP) is 4.89. The summed E-state index contributed by atoms with van der Waals surface area (Å²) in [5.74, 6) is 0.0915. The van der Waals surface area contributed by atoms with Crippen LogP contribution in [0.1, 0.15) is 60.3 Å². The number of carbonyl (C=O) groups excluding carboxylic acids is 1. The van der Waals surface area contributed by atoms with Crippen LogP contribution < -0.4 is 0 Å². The van der Waals surface area contributed by atoms with Gasteiger partial charge in [-0.1, -0.05) is 43.2 Å². The largest absolute Gasteiger partial charge is 0.463 e. The molecule has 3 nitrogen and oxygen atoms in total. The van der Waals surface area contributed by atoms with E-state index in [1.54, 1.807) is 6.92 Å². The SMILES string of the molecule is CCOC(=O)C=C(C)C=CC=C(C)C1CC2=C(CCC2(C)C)C(O)C1. The van der Waals surface area contributed by atoms with Gasteiger partial charge in [0.05, 0.1) is 12.7 Å². The van der Waals surface area contributed by atoms with Gasteiger partial charge < -0.3 is 9.84 Å². The van der Waals surface area contributed by atoms with Gasteiger partial charge in [0, 0.05) is 6.08 Å². The van der Waals surface area contributed by atoms with Gasteiger partial charge in [-0.15, -0.1) is 0 Å². The number of aliphatic hydroxyl groups excluding tert-OH is 1. The molecular weight excluding hydrogens is 312 g/mol. The van der Waals surface area contributed by atoms with E-state index in [0.29, 0.717) is 12.5 Å². The Morgan fingerprint density at radius 3 is 2.76 bits per heavy atom. The molecule has 0 amide bonds. The first-order valence-corrected chi connectivity index (χ1v) is 9.35. The Morgan fingerprint density at radius 2 is 2.08 bits per heavy atom. The quantitative estimate of drug-likeness (QED) is 0.334. The van der Waals surface area contributed by atoms with E-state index in [2.05, 4.69) is 26.8 Å². The third kappa shape index (κ3) is 4.94. The minimum Gasteiger partial charge on any atom is -0.463 e. The molecule has 1 N–H and O–H groups in total. The van der Waals surface area contributed by atoms with Crippen molar-refractivity contribution in [3.05, 3.63) is 46.6 Å². The fourth-order valence-corrected chi connectivity index (χ4v) is 3.95. The highest BCUT2D eigenvalue weighted by molar-refractivity contribution is 5.83. The lowest BCUT2D eigenvalue weighted by Gasteiger charge is -2.33. The molecule has 0 saturated heterocycles. The van der Waals surface area contributed by atoms with Crippen molar-refractivity contribution < 1.29 is 14.6 Å². The molecule has 2 aliphatic carbocycles. The molecule has 25 heavy (non-hydrogen) atoms. The molecule has 2 aliphatic rings. The van der Waals surface area contributed by atoms with Crippen LogP contribution in [0.25, 0.3) is 0 Å². The number of rotatable bonds is 5. The van der Waals surface area contributed by atoms with E-state index in [1.165, 1.54) is 22.8 Å². The van der Waals surface area contributed by atoms with Gasteiger partial charge in [0.15, 0.2) is 0 Å². The first-order valence-electron chi connectivity index (χ1n) is 9.35. The second-order valence-electron chi connectivity index (χ2n) is 7.95. The molecule has 0 radical (unpaired) electrons. The summed E-state index contributed by atoms with van der Waals surface area (Å²) in [5, 5.41) is 10.5. The molecule has 2 unspecified atom stereocenters. The Morgan fingerprint density at radius 1 is 1.36 bits per heavy atom. The summed E-state index contributed by atoms with van der Waals surface area (Å²) in [7, 11) is 0. The number of ether oxygens (including phenoxy) is 1. The molecule has 2 atom stereocenters. The second-order valence-corrected chi connectivity index (χ2v) is 7.95. The molecule has 0 bridgehead atoms. The Kier molecular flexibility index (Phi) is 6.45. The summed E-state index contributed by atoms with van der Waals surface area (Å²) in [5.41, 5.74) is 5.16. The molecule has 138 valence electrons. The van der Waals surface area contributed by atoms with Crippen LogP contribution in [-0.2, 0) is 9.53 Å². The van der Waals surface area contributed by atoms with Crippen LogP contribution in [-0.4, -0.2) is 23.8 Å². The number of aliphatic hydroxyl groups is 1. The number of carbonyl (C=O) groups is 1. The Labute approximate surface area is 152 Å². The zero-order valence-corrected chi connectivity index (χ0v) is 16.3. The van der Waals surface area contributed by atoms with Crippen molar-refractivity contribution in [2.75, 3.05) is 6.61 Å². The van der Waals surface area contributed by atoms with Crippen LogP contribution in [0.2, 0.25) is 0 Å².